The summed E-state index contributed by atoms with van der Waals surface area (Å²) in [5, 5.41) is 0. The van der Waals surface area contributed by atoms with E-state index in [2.05, 4.69) is 43.0 Å². The predicted octanol–water partition coefficient (Wildman–Crippen LogP) is 3.18. The number of ether oxygens (including phenoxy) is 1. The lowest BCUT2D eigenvalue weighted by Gasteiger charge is -2.36. The van der Waals surface area contributed by atoms with Crippen molar-refractivity contribution < 1.29 is 4.74 Å². The van der Waals surface area contributed by atoms with Crippen LogP contribution in [0.25, 0.3) is 0 Å². The summed E-state index contributed by atoms with van der Waals surface area (Å²) in [6.07, 6.45) is 4.52. The molecular weight excluding hydrogens is 248 g/mol. The minimum Gasteiger partial charge on any atom is -0.494 e. The van der Waals surface area contributed by atoms with Crippen molar-refractivity contribution in [3.8, 4) is 5.75 Å². The van der Waals surface area contributed by atoms with Crippen LogP contribution in [0.2, 0.25) is 0 Å². The molecule has 3 heteroatoms. The molecule has 1 heterocycles. The molecule has 0 aromatic heterocycles. The summed E-state index contributed by atoms with van der Waals surface area (Å²) in [6, 6.07) is 9.51. The number of hydrogen-bond donors (Lipinski definition) is 1. The third-order valence-corrected chi connectivity index (χ3v) is 4.13. The van der Waals surface area contributed by atoms with E-state index in [-0.39, 0.29) is 0 Å². The second kappa shape index (κ2) is 7.65. The smallest absolute Gasteiger partial charge is 0.119 e. The second-order valence-electron chi connectivity index (χ2n) is 5.95. The molecule has 0 spiro atoms. The van der Waals surface area contributed by atoms with Gasteiger partial charge in [-0.25, -0.2) is 0 Å². The minimum atomic E-state index is 0.385. The molecule has 1 aromatic carbocycles. The monoisotopic (exact) mass is 276 g/mol. The molecule has 0 radical (unpaired) electrons. The molecule has 20 heavy (non-hydrogen) atoms. The SMILES string of the molecule is CCCCOc1ccc(CN2CC[C@H](N)C[C@H]2C)cc1. The van der Waals surface area contributed by atoms with Crippen molar-refractivity contribution in [2.45, 2.75) is 58.2 Å². The first-order valence-electron chi connectivity index (χ1n) is 7.90. The van der Waals surface area contributed by atoms with Gasteiger partial charge in [-0.05, 0) is 43.9 Å². The average molecular weight is 276 g/mol. The maximum atomic E-state index is 6.02. The molecular formula is C17H28N2O. The molecule has 1 aliphatic rings. The van der Waals surface area contributed by atoms with Crippen LogP contribution in [-0.4, -0.2) is 30.1 Å². The lowest BCUT2D eigenvalue weighted by molar-refractivity contribution is 0.140. The summed E-state index contributed by atoms with van der Waals surface area (Å²) in [5.74, 6) is 0.982. The van der Waals surface area contributed by atoms with Gasteiger partial charge < -0.3 is 10.5 Å². The van der Waals surface area contributed by atoms with Crippen LogP contribution in [0.3, 0.4) is 0 Å². The number of hydrogen-bond acceptors (Lipinski definition) is 3. The lowest BCUT2D eigenvalue weighted by atomic mass is 9.98. The zero-order chi connectivity index (χ0) is 14.4. The number of nitrogens with two attached hydrogens (primary N) is 1. The van der Waals surface area contributed by atoms with E-state index in [4.69, 9.17) is 10.5 Å². The van der Waals surface area contributed by atoms with E-state index >= 15 is 0 Å². The molecule has 2 N–H and O–H groups in total. The summed E-state index contributed by atoms with van der Waals surface area (Å²) in [4.78, 5) is 2.52. The molecule has 0 bridgehead atoms. The number of rotatable bonds is 6. The molecule has 0 aliphatic carbocycles. The maximum absolute atomic E-state index is 6.02. The molecule has 1 aliphatic heterocycles. The van der Waals surface area contributed by atoms with Gasteiger partial charge in [-0.1, -0.05) is 25.5 Å². The summed E-state index contributed by atoms with van der Waals surface area (Å²) < 4.78 is 5.70. The van der Waals surface area contributed by atoms with E-state index in [1.54, 1.807) is 0 Å². The molecule has 1 aromatic rings. The van der Waals surface area contributed by atoms with Crippen LogP contribution < -0.4 is 10.5 Å². The van der Waals surface area contributed by atoms with Crippen molar-refractivity contribution in [1.82, 2.24) is 4.90 Å². The Bertz CT molecular complexity index is 390. The summed E-state index contributed by atoms with van der Waals surface area (Å²) in [7, 11) is 0. The van der Waals surface area contributed by atoms with Crippen molar-refractivity contribution in [1.29, 1.82) is 0 Å². The Morgan fingerprint density at radius 2 is 2.05 bits per heavy atom. The molecule has 0 saturated carbocycles. The van der Waals surface area contributed by atoms with Crippen molar-refractivity contribution in [3.05, 3.63) is 29.8 Å². The molecule has 0 amide bonds. The summed E-state index contributed by atoms with van der Waals surface area (Å²) >= 11 is 0. The zero-order valence-electron chi connectivity index (χ0n) is 12.8. The van der Waals surface area contributed by atoms with E-state index in [0.717, 1.165) is 44.7 Å². The molecule has 112 valence electrons. The third kappa shape index (κ3) is 4.50. The number of piperidine rings is 1. The Morgan fingerprint density at radius 1 is 1.30 bits per heavy atom. The van der Waals surface area contributed by atoms with E-state index in [9.17, 15) is 0 Å². The van der Waals surface area contributed by atoms with Crippen LogP contribution in [0.1, 0.15) is 45.1 Å². The molecule has 1 saturated heterocycles. The standard InChI is InChI=1S/C17H28N2O/c1-3-4-11-20-17-7-5-15(6-8-17)13-19-10-9-16(18)12-14(19)2/h5-8,14,16H,3-4,9-13,18H2,1-2H3/t14-,16+/m1/s1. The normalized spacial score (nSPS) is 23.8. The van der Waals surface area contributed by atoms with Crippen molar-refractivity contribution >= 4 is 0 Å². The van der Waals surface area contributed by atoms with E-state index in [0.29, 0.717) is 12.1 Å². The minimum absolute atomic E-state index is 0.385. The van der Waals surface area contributed by atoms with Crippen molar-refractivity contribution in [2.24, 2.45) is 5.73 Å². The van der Waals surface area contributed by atoms with Crippen LogP contribution in [0.4, 0.5) is 0 Å². The fourth-order valence-corrected chi connectivity index (χ4v) is 2.75. The first kappa shape index (κ1) is 15.3. The maximum Gasteiger partial charge on any atom is 0.119 e. The molecule has 2 rings (SSSR count). The number of likely N-dealkylation sites (tertiary alicyclic amines) is 1. The Labute approximate surface area is 123 Å². The van der Waals surface area contributed by atoms with Gasteiger partial charge in [0.15, 0.2) is 0 Å². The fourth-order valence-electron chi connectivity index (χ4n) is 2.75. The predicted molar refractivity (Wildman–Crippen MR) is 83.9 cm³/mol. The third-order valence-electron chi connectivity index (χ3n) is 4.13. The highest BCUT2D eigenvalue weighted by atomic mass is 16.5. The highest BCUT2D eigenvalue weighted by Gasteiger charge is 2.22. The van der Waals surface area contributed by atoms with Crippen LogP contribution >= 0.6 is 0 Å². The molecule has 2 atom stereocenters. The summed E-state index contributed by atoms with van der Waals surface area (Å²) in [6.45, 7) is 7.40. The van der Waals surface area contributed by atoms with Gasteiger partial charge in [0.25, 0.3) is 0 Å². The second-order valence-corrected chi connectivity index (χ2v) is 5.95. The highest BCUT2D eigenvalue weighted by molar-refractivity contribution is 5.27. The quantitative estimate of drug-likeness (QED) is 0.811. The van der Waals surface area contributed by atoms with Crippen LogP contribution in [0.15, 0.2) is 24.3 Å². The fraction of sp³-hybridized carbons (Fsp3) is 0.647. The summed E-state index contributed by atoms with van der Waals surface area (Å²) in [5.41, 5.74) is 7.37. The number of nitrogens with zero attached hydrogens (tertiary/aromatic N) is 1. The Balaban J connectivity index is 1.84. The van der Waals surface area contributed by atoms with Gasteiger partial charge in [-0.3, -0.25) is 4.90 Å². The van der Waals surface area contributed by atoms with Gasteiger partial charge in [0.2, 0.25) is 0 Å². The molecule has 1 fully saturated rings. The van der Waals surface area contributed by atoms with E-state index in [1.807, 2.05) is 0 Å². The average Bonchev–Trinajstić information content (AvgIpc) is 2.44. The first-order valence-corrected chi connectivity index (χ1v) is 7.90. The van der Waals surface area contributed by atoms with E-state index in [1.165, 1.54) is 12.0 Å². The van der Waals surface area contributed by atoms with E-state index < -0.39 is 0 Å². The highest BCUT2D eigenvalue weighted by Crippen LogP contribution is 2.20. The largest absolute Gasteiger partial charge is 0.494 e. The van der Waals surface area contributed by atoms with Gasteiger partial charge in [0.05, 0.1) is 6.61 Å². The van der Waals surface area contributed by atoms with Crippen molar-refractivity contribution in [3.63, 3.8) is 0 Å². The number of unbranched alkanes of at least 4 members (excludes halogenated alkanes) is 1. The van der Waals surface area contributed by atoms with Crippen LogP contribution in [0, 0.1) is 0 Å². The van der Waals surface area contributed by atoms with Crippen molar-refractivity contribution in [2.75, 3.05) is 13.2 Å². The Kier molecular flexibility index (Phi) is 5.86. The number of benzene rings is 1. The topological polar surface area (TPSA) is 38.5 Å². The lowest BCUT2D eigenvalue weighted by Crippen LogP contribution is -2.44. The van der Waals surface area contributed by atoms with Crippen LogP contribution in [-0.2, 0) is 6.54 Å². The first-order chi connectivity index (χ1) is 9.69. The zero-order valence-corrected chi connectivity index (χ0v) is 12.8. The Morgan fingerprint density at radius 3 is 2.70 bits per heavy atom. The molecule has 0 unspecified atom stereocenters. The van der Waals surface area contributed by atoms with Gasteiger partial charge in [-0.2, -0.15) is 0 Å². The van der Waals surface area contributed by atoms with Gasteiger partial charge in [0.1, 0.15) is 5.75 Å². The molecule has 3 nitrogen and oxygen atoms in total. The van der Waals surface area contributed by atoms with Gasteiger partial charge in [0, 0.05) is 25.2 Å². The van der Waals surface area contributed by atoms with Gasteiger partial charge >= 0.3 is 0 Å². The van der Waals surface area contributed by atoms with Crippen LogP contribution in [0.5, 0.6) is 5.75 Å². The van der Waals surface area contributed by atoms with Gasteiger partial charge in [-0.15, -0.1) is 0 Å². The Hall–Kier alpha value is -1.06.